The molecule has 0 saturated heterocycles. The van der Waals surface area contributed by atoms with Gasteiger partial charge in [-0.05, 0) is 31.9 Å². The van der Waals surface area contributed by atoms with Crippen molar-refractivity contribution in [2.45, 2.75) is 27.2 Å². The number of oxazole rings is 1. The van der Waals surface area contributed by atoms with Crippen LogP contribution >= 0.6 is 0 Å². The number of aliphatic carboxylic acids is 1. The van der Waals surface area contributed by atoms with Crippen LogP contribution in [0.4, 0.5) is 0 Å². The van der Waals surface area contributed by atoms with Crippen LogP contribution in [0.3, 0.4) is 0 Å². The van der Waals surface area contributed by atoms with E-state index in [0.717, 1.165) is 16.7 Å². The lowest BCUT2D eigenvalue weighted by Gasteiger charge is -2.07. The van der Waals surface area contributed by atoms with Gasteiger partial charge in [-0.2, -0.15) is 0 Å². The lowest BCUT2D eigenvalue weighted by molar-refractivity contribution is -0.136. The normalized spacial score (nSPS) is 10.6. The Morgan fingerprint density at radius 3 is 2.44 bits per heavy atom. The summed E-state index contributed by atoms with van der Waals surface area (Å²) in [6, 6.07) is 4.12. The molecule has 1 aromatic heterocycles. The van der Waals surface area contributed by atoms with E-state index < -0.39 is 5.97 Å². The second-order valence-electron chi connectivity index (χ2n) is 4.49. The van der Waals surface area contributed by atoms with Crippen molar-refractivity contribution in [2.24, 2.45) is 0 Å². The van der Waals surface area contributed by atoms with Crippen molar-refractivity contribution in [2.75, 3.05) is 0 Å². The lowest BCUT2D eigenvalue weighted by atomic mass is 10.00. The summed E-state index contributed by atoms with van der Waals surface area (Å²) in [7, 11) is 0. The molecular weight excluding hydrogens is 230 g/mol. The van der Waals surface area contributed by atoms with Crippen molar-refractivity contribution < 1.29 is 14.3 Å². The van der Waals surface area contributed by atoms with E-state index in [1.807, 2.05) is 20.8 Å². The number of aryl methyl sites for hydroxylation is 3. The molecule has 0 aliphatic heterocycles. The van der Waals surface area contributed by atoms with Crippen molar-refractivity contribution in [3.8, 4) is 11.5 Å². The Balaban J connectivity index is 2.43. The molecule has 0 bridgehead atoms. The van der Waals surface area contributed by atoms with Gasteiger partial charge >= 0.3 is 5.97 Å². The van der Waals surface area contributed by atoms with Gasteiger partial charge in [0.05, 0.1) is 12.1 Å². The van der Waals surface area contributed by atoms with Crippen LogP contribution in [0.2, 0.25) is 0 Å². The van der Waals surface area contributed by atoms with Crippen molar-refractivity contribution in [1.82, 2.24) is 4.98 Å². The highest BCUT2D eigenvalue weighted by molar-refractivity contribution is 5.70. The van der Waals surface area contributed by atoms with Crippen LogP contribution in [0.1, 0.15) is 22.4 Å². The molecule has 1 N–H and O–H groups in total. The summed E-state index contributed by atoms with van der Waals surface area (Å²) in [5.41, 5.74) is 4.73. The molecule has 1 heterocycles. The Kier molecular flexibility index (Phi) is 3.19. The summed E-state index contributed by atoms with van der Waals surface area (Å²) in [6.07, 6.45) is 1.29. The van der Waals surface area contributed by atoms with Crippen molar-refractivity contribution in [3.05, 3.63) is 40.8 Å². The number of nitrogens with zero attached hydrogens (tertiary/aromatic N) is 1. The second kappa shape index (κ2) is 4.64. The number of rotatable bonds is 3. The van der Waals surface area contributed by atoms with Crippen LogP contribution in [0, 0.1) is 20.8 Å². The maximum Gasteiger partial charge on any atom is 0.309 e. The van der Waals surface area contributed by atoms with Gasteiger partial charge < -0.3 is 9.52 Å². The Bertz CT molecular complexity index is 576. The molecule has 94 valence electrons. The largest absolute Gasteiger partial charge is 0.481 e. The van der Waals surface area contributed by atoms with E-state index in [1.54, 1.807) is 0 Å². The van der Waals surface area contributed by atoms with E-state index in [2.05, 4.69) is 17.1 Å². The standard InChI is InChI=1S/C14H15NO3/c1-8-4-9(2)13(10(3)5-8)14-15-11(7-18-14)6-12(16)17/h4-5,7H,6H2,1-3H3,(H,16,17). The highest BCUT2D eigenvalue weighted by Crippen LogP contribution is 2.27. The fraction of sp³-hybridized carbons (Fsp3) is 0.286. The zero-order chi connectivity index (χ0) is 13.3. The maximum absolute atomic E-state index is 10.6. The number of carboxylic acids is 1. The predicted molar refractivity (Wildman–Crippen MR) is 67.5 cm³/mol. The summed E-state index contributed by atoms with van der Waals surface area (Å²) < 4.78 is 5.38. The zero-order valence-corrected chi connectivity index (χ0v) is 10.7. The van der Waals surface area contributed by atoms with E-state index in [0.29, 0.717) is 11.6 Å². The number of aromatic nitrogens is 1. The van der Waals surface area contributed by atoms with E-state index in [4.69, 9.17) is 9.52 Å². The first-order chi connectivity index (χ1) is 8.47. The van der Waals surface area contributed by atoms with Crippen LogP contribution < -0.4 is 0 Å². The third-order valence-corrected chi connectivity index (χ3v) is 2.77. The number of carbonyl (C=O) groups is 1. The molecule has 0 amide bonds. The molecule has 18 heavy (non-hydrogen) atoms. The zero-order valence-electron chi connectivity index (χ0n) is 10.7. The molecule has 0 spiro atoms. The second-order valence-corrected chi connectivity index (χ2v) is 4.49. The molecule has 0 atom stereocenters. The average molecular weight is 245 g/mol. The molecule has 2 aromatic rings. The quantitative estimate of drug-likeness (QED) is 0.903. The molecule has 4 heteroatoms. The fourth-order valence-electron chi connectivity index (χ4n) is 2.18. The van der Waals surface area contributed by atoms with Gasteiger partial charge in [0.15, 0.2) is 0 Å². The highest BCUT2D eigenvalue weighted by Gasteiger charge is 2.13. The molecular formula is C14H15NO3. The van der Waals surface area contributed by atoms with Crippen LogP contribution in [0.5, 0.6) is 0 Å². The fourth-order valence-corrected chi connectivity index (χ4v) is 2.18. The molecule has 4 nitrogen and oxygen atoms in total. The van der Waals surface area contributed by atoms with Crippen molar-refractivity contribution in [3.63, 3.8) is 0 Å². The minimum Gasteiger partial charge on any atom is -0.481 e. The predicted octanol–water partition coefficient (Wildman–Crippen LogP) is 2.89. The Morgan fingerprint density at radius 1 is 1.28 bits per heavy atom. The number of hydrogen-bond acceptors (Lipinski definition) is 3. The van der Waals surface area contributed by atoms with Gasteiger partial charge in [-0.3, -0.25) is 4.79 Å². The first-order valence-electron chi connectivity index (χ1n) is 5.72. The molecule has 0 radical (unpaired) electrons. The molecule has 0 fully saturated rings. The van der Waals surface area contributed by atoms with E-state index in [9.17, 15) is 4.79 Å². The van der Waals surface area contributed by atoms with E-state index in [-0.39, 0.29) is 6.42 Å². The molecule has 0 aliphatic rings. The Labute approximate surface area is 105 Å². The summed E-state index contributed by atoms with van der Waals surface area (Å²) in [4.78, 5) is 14.8. The van der Waals surface area contributed by atoms with Gasteiger partial charge in [0.1, 0.15) is 6.26 Å². The minimum atomic E-state index is -0.910. The summed E-state index contributed by atoms with van der Waals surface area (Å²) >= 11 is 0. The van der Waals surface area contributed by atoms with Gasteiger partial charge in [-0.15, -0.1) is 0 Å². The van der Waals surface area contributed by atoms with Crippen LogP contribution in [0.25, 0.3) is 11.5 Å². The van der Waals surface area contributed by atoms with Gasteiger partial charge in [-0.25, -0.2) is 4.98 Å². The van der Waals surface area contributed by atoms with E-state index in [1.165, 1.54) is 11.8 Å². The minimum absolute atomic E-state index is 0.118. The SMILES string of the molecule is Cc1cc(C)c(-c2nc(CC(=O)O)co2)c(C)c1. The lowest BCUT2D eigenvalue weighted by Crippen LogP contribution is -2.00. The summed E-state index contributed by atoms with van der Waals surface area (Å²) in [6.45, 7) is 6.03. The third kappa shape index (κ3) is 2.42. The Morgan fingerprint density at radius 2 is 1.89 bits per heavy atom. The first-order valence-corrected chi connectivity index (χ1v) is 5.72. The average Bonchev–Trinajstić information content (AvgIpc) is 2.63. The van der Waals surface area contributed by atoms with Gasteiger partial charge in [0.2, 0.25) is 5.89 Å². The van der Waals surface area contributed by atoms with Crippen LogP contribution in [-0.2, 0) is 11.2 Å². The van der Waals surface area contributed by atoms with Gasteiger partial charge in [0, 0.05) is 5.56 Å². The van der Waals surface area contributed by atoms with Crippen molar-refractivity contribution >= 4 is 5.97 Å². The van der Waals surface area contributed by atoms with Crippen LogP contribution in [-0.4, -0.2) is 16.1 Å². The van der Waals surface area contributed by atoms with Crippen LogP contribution in [0.15, 0.2) is 22.8 Å². The smallest absolute Gasteiger partial charge is 0.309 e. The highest BCUT2D eigenvalue weighted by atomic mass is 16.4. The van der Waals surface area contributed by atoms with Gasteiger partial charge in [0.25, 0.3) is 0 Å². The summed E-state index contributed by atoms with van der Waals surface area (Å²) in [5, 5.41) is 8.71. The third-order valence-electron chi connectivity index (χ3n) is 2.77. The molecule has 1 aromatic carbocycles. The topological polar surface area (TPSA) is 63.3 Å². The maximum atomic E-state index is 10.6. The molecule has 0 unspecified atom stereocenters. The number of benzene rings is 1. The summed E-state index contributed by atoms with van der Waals surface area (Å²) in [5.74, 6) is -0.423. The molecule has 0 aliphatic carbocycles. The van der Waals surface area contributed by atoms with Crippen molar-refractivity contribution in [1.29, 1.82) is 0 Å². The Hall–Kier alpha value is -2.10. The first kappa shape index (κ1) is 12.4. The molecule has 0 saturated carbocycles. The number of hydrogen-bond donors (Lipinski definition) is 1. The van der Waals surface area contributed by atoms with E-state index >= 15 is 0 Å². The molecule has 2 rings (SSSR count). The van der Waals surface area contributed by atoms with Gasteiger partial charge in [-0.1, -0.05) is 17.7 Å². The monoisotopic (exact) mass is 245 g/mol. The number of carboxylic acid groups (broad SMARTS) is 1.